The van der Waals surface area contributed by atoms with Crippen LogP contribution in [0.3, 0.4) is 0 Å². The highest BCUT2D eigenvalue weighted by Crippen LogP contribution is 2.42. The number of carbonyl (C=O) groups is 2. The summed E-state index contributed by atoms with van der Waals surface area (Å²) in [6.07, 6.45) is 8.55. The molecular weight excluding hydrogens is 350 g/mol. The standard InChI is InChI=1S/C23H31N3O2/c27-22(25-12-5-2-6-13-25)20-18-21(20)23(28)26-16-14-24(15-17-26)11-7-10-19-8-3-1-4-9-19/h1,3-4,7-10,20-21H,2,5-6,11-18H2/b10-7+. The second-order valence-corrected chi connectivity index (χ2v) is 8.27. The SMILES string of the molecule is O=C(C1CC1C(=O)N1CCN(C/C=C/c2ccccc2)CC1)N1CCCCC1. The molecule has 0 N–H and O–H groups in total. The van der Waals surface area contributed by atoms with Crippen LogP contribution in [0, 0.1) is 11.8 Å². The minimum absolute atomic E-state index is 0.0440. The van der Waals surface area contributed by atoms with Crippen LogP contribution >= 0.6 is 0 Å². The fourth-order valence-corrected chi connectivity index (χ4v) is 4.38. The molecule has 150 valence electrons. The van der Waals surface area contributed by atoms with Crippen LogP contribution in [0.15, 0.2) is 36.4 Å². The number of hydrogen-bond donors (Lipinski definition) is 0. The predicted octanol–water partition coefficient (Wildman–Crippen LogP) is 2.49. The van der Waals surface area contributed by atoms with Gasteiger partial charge in [0.2, 0.25) is 11.8 Å². The predicted molar refractivity (Wildman–Crippen MR) is 111 cm³/mol. The summed E-state index contributed by atoms with van der Waals surface area (Å²) in [7, 11) is 0. The molecule has 0 radical (unpaired) electrons. The van der Waals surface area contributed by atoms with E-state index in [1.807, 2.05) is 28.0 Å². The van der Waals surface area contributed by atoms with E-state index in [2.05, 4.69) is 29.2 Å². The summed E-state index contributed by atoms with van der Waals surface area (Å²) in [5.74, 6) is 0.328. The Morgan fingerprint density at radius 2 is 1.43 bits per heavy atom. The Kier molecular flexibility index (Phi) is 6.10. The van der Waals surface area contributed by atoms with E-state index >= 15 is 0 Å². The average Bonchev–Trinajstić information content (AvgIpc) is 3.55. The van der Waals surface area contributed by atoms with E-state index in [9.17, 15) is 9.59 Å². The lowest BCUT2D eigenvalue weighted by molar-refractivity contribution is -0.139. The molecule has 1 aromatic rings. The zero-order valence-corrected chi connectivity index (χ0v) is 16.6. The smallest absolute Gasteiger partial charge is 0.226 e. The lowest BCUT2D eigenvalue weighted by Crippen LogP contribution is -2.49. The third-order valence-corrected chi connectivity index (χ3v) is 6.25. The molecule has 2 heterocycles. The van der Waals surface area contributed by atoms with Crippen molar-refractivity contribution in [1.29, 1.82) is 0 Å². The number of hydrogen-bond acceptors (Lipinski definition) is 3. The number of benzene rings is 1. The highest BCUT2D eigenvalue weighted by atomic mass is 16.2. The number of nitrogens with zero attached hydrogens (tertiary/aromatic N) is 3. The van der Waals surface area contributed by atoms with Crippen LogP contribution in [0.5, 0.6) is 0 Å². The molecule has 3 fully saturated rings. The molecule has 1 aliphatic carbocycles. The van der Waals surface area contributed by atoms with E-state index in [-0.39, 0.29) is 23.7 Å². The van der Waals surface area contributed by atoms with Gasteiger partial charge in [0.25, 0.3) is 0 Å². The molecule has 28 heavy (non-hydrogen) atoms. The van der Waals surface area contributed by atoms with E-state index in [0.717, 1.165) is 65.1 Å². The van der Waals surface area contributed by atoms with Crippen molar-refractivity contribution in [2.75, 3.05) is 45.8 Å². The molecule has 2 atom stereocenters. The zero-order chi connectivity index (χ0) is 19.3. The quantitative estimate of drug-likeness (QED) is 0.787. The van der Waals surface area contributed by atoms with Gasteiger partial charge >= 0.3 is 0 Å². The van der Waals surface area contributed by atoms with Crippen LogP contribution < -0.4 is 0 Å². The molecule has 1 saturated carbocycles. The highest BCUT2D eigenvalue weighted by Gasteiger charge is 2.51. The Hall–Kier alpha value is -2.14. The minimum Gasteiger partial charge on any atom is -0.342 e. The normalized spacial score (nSPS) is 25.9. The maximum absolute atomic E-state index is 12.8. The van der Waals surface area contributed by atoms with Gasteiger partial charge in [0.15, 0.2) is 0 Å². The van der Waals surface area contributed by atoms with Crippen LogP contribution in [0.1, 0.15) is 31.2 Å². The van der Waals surface area contributed by atoms with E-state index in [0.29, 0.717) is 0 Å². The van der Waals surface area contributed by atoms with Gasteiger partial charge in [-0.15, -0.1) is 0 Å². The average molecular weight is 382 g/mol. The van der Waals surface area contributed by atoms with Gasteiger partial charge in [-0.05, 0) is 31.2 Å². The van der Waals surface area contributed by atoms with E-state index < -0.39 is 0 Å². The Morgan fingerprint density at radius 3 is 2.07 bits per heavy atom. The molecular formula is C23H31N3O2. The number of rotatable bonds is 5. The Labute approximate surface area is 168 Å². The lowest BCUT2D eigenvalue weighted by atomic mass is 10.1. The second kappa shape index (κ2) is 8.91. The molecule has 0 spiro atoms. The number of piperidine rings is 1. The molecule has 5 heteroatoms. The van der Waals surface area contributed by atoms with Gasteiger partial charge in [0.1, 0.15) is 0 Å². The Morgan fingerprint density at radius 1 is 0.821 bits per heavy atom. The molecule has 3 aliphatic rings. The first-order chi connectivity index (χ1) is 13.7. The van der Waals surface area contributed by atoms with Crippen LogP contribution in [0.4, 0.5) is 0 Å². The third-order valence-electron chi connectivity index (χ3n) is 6.25. The first-order valence-electron chi connectivity index (χ1n) is 10.7. The second-order valence-electron chi connectivity index (χ2n) is 8.27. The summed E-state index contributed by atoms with van der Waals surface area (Å²) in [6, 6.07) is 10.3. The van der Waals surface area contributed by atoms with Crippen LogP contribution in [0.25, 0.3) is 6.08 Å². The maximum Gasteiger partial charge on any atom is 0.226 e. The number of carbonyl (C=O) groups excluding carboxylic acids is 2. The van der Waals surface area contributed by atoms with Gasteiger partial charge in [-0.3, -0.25) is 14.5 Å². The van der Waals surface area contributed by atoms with Crippen LogP contribution in [-0.2, 0) is 9.59 Å². The molecule has 4 rings (SSSR count). The number of piperazine rings is 1. The van der Waals surface area contributed by atoms with Crippen LogP contribution in [0.2, 0.25) is 0 Å². The molecule has 0 bridgehead atoms. The summed E-state index contributed by atoms with van der Waals surface area (Å²) in [4.78, 5) is 31.7. The molecule has 1 aromatic carbocycles. The van der Waals surface area contributed by atoms with Gasteiger partial charge < -0.3 is 9.80 Å². The van der Waals surface area contributed by atoms with Gasteiger partial charge in [-0.25, -0.2) is 0 Å². The Balaban J connectivity index is 1.19. The first-order valence-corrected chi connectivity index (χ1v) is 10.7. The fraction of sp³-hybridized carbons (Fsp3) is 0.565. The van der Waals surface area contributed by atoms with Crippen molar-refractivity contribution in [2.24, 2.45) is 11.8 Å². The van der Waals surface area contributed by atoms with Crippen molar-refractivity contribution in [1.82, 2.24) is 14.7 Å². The van der Waals surface area contributed by atoms with Crippen molar-refractivity contribution in [3.8, 4) is 0 Å². The van der Waals surface area contributed by atoms with E-state index in [4.69, 9.17) is 0 Å². The number of amides is 2. The van der Waals surface area contributed by atoms with Crippen LogP contribution in [-0.4, -0.2) is 72.3 Å². The third kappa shape index (κ3) is 4.64. The van der Waals surface area contributed by atoms with Crippen molar-refractivity contribution in [3.63, 3.8) is 0 Å². The topological polar surface area (TPSA) is 43.9 Å². The summed E-state index contributed by atoms with van der Waals surface area (Å²) in [5.41, 5.74) is 1.22. The molecule has 5 nitrogen and oxygen atoms in total. The van der Waals surface area contributed by atoms with Crippen molar-refractivity contribution >= 4 is 17.9 Å². The van der Waals surface area contributed by atoms with E-state index in [1.54, 1.807) is 0 Å². The van der Waals surface area contributed by atoms with Gasteiger partial charge in [0, 0.05) is 45.8 Å². The summed E-state index contributed by atoms with van der Waals surface area (Å²) in [5, 5.41) is 0. The largest absolute Gasteiger partial charge is 0.342 e. The maximum atomic E-state index is 12.8. The van der Waals surface area contributed by atoms with Gasteiger partial charge in [-0.2, -0.15) is 0 Å². The lowest BCUT2D eigenvalue weighted by Gasteiger charge is -2.34. The van der Waals surface area contributed by atoms with Gasteiger partial charge in [-0.1, -0.05) is 42.5 Å². The van der Waals surface area contributed by atoms with E-state index in [1.165, 1.54) is 12.0 Å². The molecule has 2 amide bonds. The minimum atomic E-state index is -0.0565. The highest BCUT2D eigenvalue weighted by molar-refractivity contribution is 5.92. The fourth-order valence-electron chi connectivity index (χ4n) is 4.38. The molecule has 2 saturated heterocycles. The summed E-state index contributed by atoms with van der Waals surface area (Å²) < 4.78 is 0. The summed E-state index contributed by atoms with van der Waals surface area (Å²) >= 11 is 0. The zero-order valence-electron chi connectivity index (χ0n) is 16.6. The van der Waals surface area contributed by atoms with Gasteiger partial charge in [0.05, 0.1) is 11.8 Å². The van der Waals surface area contributed by atoms with Crippen molar-refractivity contribution < 1.29 is 9.59 Å². The number of likely N-dealkylation sites (tertiary alicyclic amines) is 1. The molecule has 2 unspecified atom stereocenters. The van der Waals surface area contributed by atoms with Crippen molar-refractivity contribution in [3.05, 3.63) is 42.0 Å². The summed E-state index contributed by atoms with van der Waals surface area (Å²) in [6.45, 7) is 6.04. The molecule has 0 aromatic heterocycles. The Bertz CT molecular complexity index is 704. The molecule has 2 aliphatic heterocycles. The van der Waals surface area contributed by atoms with Crippen molar-refractivity contribution in [2.45, 2.75) is 25.7 Å². The monoisotopic (exact) mass is 381 g/mol. The first kappa shape index (κ1) is 19.2.